The zero-order valence-electron chi connectivity index (χ0n) is 10.9. The van der Waals surface area contributed by atoms with Crippen LogP contribution in [0.1, 0.15) is 6.42 Å². The largest absolute Gasteiger partial charge is 0.494 e. The zero-order valence-corrected chi connectivity index (χ0v) is 11.7. The summed E-state index contributed by atoms with van der Waals surface area (Å²) in [5, 5.41) is 2.76. The Labute approximate surface area is 121 Å². The van der Waals surface area contributed by atoms with Gasteiger partial charge in [-0.2, -0.15) is 0 Å². The van der Waals surface area contributed by atoms with Crippen molar-refractivity contribution in [3.05, 3.63) is 42.1 Å². The highest BCUT2D eigenvalue weighted by Crippen LogP contribution is 2.18. The Bertz CT molecular complexity index is 476. The Morgan fingerprint density at radius 2 is 2.10 bits per heavy atom. The molecule has 0 saturated heterocycles. The molecule has 20 heavy (non-hydrogen) atoms. The van der Waals surface area contributed by atoms with Gasteiger partial charge in [0.1, 0.15) is 25.3 Å². The molecule has 0 unspecified atom stereocenters. The van der Waals surface area contributed by atoms with E-state index in [1.165, 1.54) is 18.4 Å². The average Bonchev–Trinajstić information content (AvgIpc) is 2.49. The van der Waals surface area contributed by atoms with Gasteiger partial charge in [-0.25, -0.2) is 4.39 Å². The van der Waals surface area contributed by atoms with Crippen LogP contribution in [-0.2, 0) is 14.3 Å². The number of benzene rings is 1. The van der Waals surface area contributed by atoms with Crippen LogP contribution in [0.5, 0.6) is 0 Å². The smallest absolute Gasteiger partial charge is 0.289 e. The van der Waals surface area contributed by atoms with Gasteiger partial charge in [0.2, 0.25) is 5.76 Å². The Morgan fingerprint density at radius 1 is 1.30 bits per heavy atom. The first kappa shape index (κ1) is 14.7. The number of nitrogens with one attached hydrogen (secondary N) is 1. The van der Waals surface area contributed by atoms with Crippen molar-refractivity contribution in [2.75, 3.05) is 25.5 Å². The van der Waals surface area contributed by atoms with Crippen LogP contribution in [0.2, 0.25) is 0 Å². The standard InChI is InChI=1S/C14H16FNO3S/c15-11-2-4-12(5-3-11)20-9-1-6-16-14(17)13-10-18-7-8-19-13/h2-5,10H,1,6-9H2,(H,16,17). The third kappa shape index (κ3) is 4.77. The van der Waals surface area contributed by atoms with Gasteiger partial charge in [-0.1, -0.05) is 0 Å². The molecule has 1 aliphatic rings. The second-order valence-electron chi connectivity index (χ2n) is 4.11. The van der Waals surface area contributed by atoms with Crippen LogP contribution < -0.4 is 5.32 Å². The fourth-order valence-corrected chi connectivity index (χ4v) is 2.42. The van der Waals surface area contributed by atoms with E-state index in [1.807, 2.05) is 0 Å². The molecule has 1 heterocycles. The minimum Gasteiger partial charge on any atom is -0.494 e. The molecule has 0 saturated carbocycles. The fraction of sp³-hybridized carbons (Fsp3) is 0.357. The molecule has 108 valence electrons. The summed E-state index contributed by atoms with van der Waals surface area (Å²) < 4.78 is 22.9. The lowest BCUT2D eigenvalue weighted by Gasteiger charge is -2.14. The van der Waals surface area contributed by atoms with E-state index in [-0.39, 0.29) is 17.5 Å². The molecule has 0 fully saturated rings. The second-order valence-corrected chi connectivity index (χ2v) is 5.28. The van der Waals surface area contributed by atoms with Gasteiger partial charge < -0.3 is 14.8 Å². The van der Waals surface area contributed by atoms with E-state index in [1.54, 1.807) is 23.9 Å². The highest BCUT2D eigenvalue weighted by Gasteiger charge is 2.13. The van der Waals surface area contributed by atoms with Gasteiger partial charge in [-0.15, -0.1) is 11.8 Å². The molecule has 1 aromatic carbocycles. The van der Waals surface area contributed by atoms with Crippen molar-refractivity contribution in [3.8, 4) is 0 Å². The summed E-state index contributed by atoms with van der Waals surface area (Å²) in [6.45, 7) is 1.44. The summed E-state index contributed by atoms with van der Waals surface area (Å²) in [7, 11) is 0. The first-order chi connectivity index (χ1) is 9.75. The lowest BCUT2D eigenvalue weighted by atomic mass is 10.4. The lowest BCUT2D eigenvalue weighted by Crippen LogP contribution is -2.29. The van der Waals surface area contributed by atoms with Crippen LogP contribution >= 0.6 is 11.8 Å². The van der Waals surface area contributed by atoms with Gasteiger partial charge in [-0.3, -0.25) is 4.79 Å². The van der Waals surface area contributed by atoms with Crippen molar-refractivity contribution in [1.82, 2.24) is 5.32 Å². The highest BCUT2D eigenvalue weighted by atomic mass is 32.2. The number of halogens is 1. The van der Waals surface area contributed by atoms with Crippen LogP contribution in [0, 0.1) is 5.82 Å². The van der Waals surface area contributed by atoms with Gasteiger partial charge in [0, 0.05) is 11.4 Å². The predicted molar refractivity (Wildman–Crippen MR) is 74.7 cm³/mol. The summed E-state index contributed by atoms with van der Waals surface area (Å²) >= 11 is 1.63. The molecule has 4 nitrogen and oxygen atoms in total. The maximum absolute atomic E-state index is 12.7. The predicted octanol–water partition coefficient (Wildman–Crippen LogP) is 2.31. The molecule has 0 aliphatic carbocycles. The molecule has 0 atom stereocenters. The van der Waals surface area contributed by atoms with Crippen LogP contribution in [0.4, 0.5) is 4.39 Å². The molecule has 0 aromatic heterocycles. The normalized spacial score (nSPS) is 13.9. The van der Waals surface area contributed by atoms with Gasteiger partial charge in [0.25, 0.3) is 5.91 Å². The van der Waals surface area contributed by atoms with E-state index in [4.69, 9.17) is 9.47 Å². The van der Waals surface area contributed by atoms with Crippen LogP contribution in [0.15, 0.2) is 41.2 Å². The zero-order chi connectivity index (χ0) is 14.2. The minimum atomic E-state index is -0.253. The summed E-state index contributed by atoms with van der Waals surface area (Å²) in [5.41, 5.74) is 0. The molecule has 6 heteroatoms. The van der Waals surface area contributed by atoms with E-state index >= 15 is 0 Å². The number of ether oxygens (including phenoxy) is 2. The number of carbonyl (C=O) groups is 1. The number of hydrogen-bond acceptors (Lipinski definition) is 4. The fourth-order valence-electron chi connectivity index (χ4n) is 1.57. The monoisotopic (exact) mass is 297 g/mol. The first-order valence-corrected chi connectivity index (χ1v) is 7.35. The van der Waals surface area contributed by atoms with Crippen molar-refractivity contribution in [1.29, 1.82) is 0 Å². The molecular weight excluding hydrogens is 281 g/mol. The molecule has 1 aromatic rings. The molecule has 0 radical (unpaired) electrons. The highest BCUT2D eigenvalue weighted by molar-refractivity contribution is 7.99. The first-order valence-electron chi connectivity index (χ1n) is 6.37. The molecule has 0 bridgehead atoms. The van der Waals surface area contributed by atoms with Crippen molar-refractivity contribution in [2.24, 2.45) is 0 Å². The third-order valence-corrected chi connectivity index (χ3v) is 3.66. The van der Waals surface area contributed by atoms with E-state index in [0.29, 0.717) is 19.8 Å². The maximum atomic E-state index is 12.7. The second kappa shape index (κ2) is 7.79. The van der Waals surface area contributed by atoms with Gasteiger partial charge >= 0.3 is 0 Å². The van der Waals surface area contributed by atoms with Gasteiger partial charge in [0.15, 0.2) is 0 Å². The SMILES string of the molecule is O=C(NCCCSc1ccc(F)cc1)C1=COCCO1. The topological polar surface area (TPSA) is 47.6 Å². The number of rotatable bonds is 6. The van der Waals surface area contributed by atoms with Gasteiger partial charge in [-0.05, 0) is 36.4 Å². The number of carbonyl (C=O) groups excluding carboxylic acids is 1. The van der Waals surface area contributed by atoms with Crippen LogP contribution in [0.3, 0.4) is 0 Å². The molecule has 1 N–H and O–H groups in total. The molecule has 0 spiro atoms. The Morgan fingerprint density at radius 3 is 2.80 bits per heavy atom. The molecular formula is C14H16FNO3S. The molecule has 1 amide bonds. The third-order valence-electron chi connectivity index (χ3n) is 2.56. The maximum Gasteiger partial charge on any atom is 0.289 e. The van der Waals surface area contributed by atoms with Crippen molar-refractivity contribution in [2.45, 2.75) is 11.3 Å². The van der Waals surface area contributed by atoms with Crippen LogP contribution in [-0.4, -0.2) is 31.4 Å². The summed E-state index contributed by atoms with van der Waals surface area (Å²) in [6.07, 6.45) is 2.16. The quantitative estimate of drug-likeness (QED) is 0.646. The van der Waals surface area contributed by atoms with Crippen molar-refractivity contribution in [3.63, 3.8) is 0 Å². The van der Waals surface area contributed by atoms with E-state index < -0.39 is 0 Å². The lowest BCUT2D eigenvalue weighted by molar-refractivity contribution is -0.122. The Kier molecular flexibility index (Phi) is 5.73. The number of thioether (sulfide) groups is 1. The summed E-state index contributed by atoms with van der Waals surface area (Å²) in [4.78, 5) is 12.7. The Hall–Kier alpha value is -1.69. The van der Waals surface area contributed by atoms with E-state index in [0.717, 1.165) is 17.1 Å². The van der Waals surface area contributed by atoms with Crippen molar-refractivity contribution < 1.29 is 18.7 Å². The summed E-state index contributed by atoms with van der Waals surface area (Å²) in [5.74, 6) is 0.589. The van der Waals surface area contributed by atoms with Gasteiger partial charge in [0.05, 0.1) is 0 Å². The number of hydrogen-bond donors (Lipinski definition) is 1. The Balaban J connectivity index is 1.60. The van der Waals surface area contributed by atoms with E-state index in [9.17, 15) is 9.18 Å². The molecule has 1 aliphatic heterocycles. The molecule has 2 rings (SSSR count). The van der Waals surface area contributed by atoms with Crippen molar-refractivity contribution >= 4 is 17.7 Å². The summed E-state index contributed by atoms with van der Waals surface area (Å²) in [6, 6.07) is 6.38. The minimum absolute atomic E-state index is 0.224. The van der Waals surface area contributed by atoms with E-state index in [2.05, 4.69) is 5.32 Å². The average molecular weight is 297 g/mol. The number of amides is 1. The van der Waals surface area contributed by atoms with Crippen LogP contribution in [0.25, 0.3) is 0 Å².